The molecular weight excluding hydrogens is 264 g/mol. The number of likely N-dealkylation sites (N-methyl/N-ethyl adjacent to an activating group) is 1. The summed E-state index contributed by atoms with van der Waals surface area (Å²) in [5, 5.41) is 0. The lowest BCUT2D eigenvalue weighted by Gasteiger charge is -2.45. The number of rotatable bonds is 9. The third kappa shape index (κ3) is 3.93. The molecule has 2 atom stereocenters. The standard InChI is InChI=1S/C16H30N4O/c1-6-16(5,20(7-2)8-3)15(19-17)13-10-14(21-9-4)12-18-11-13/h10-12,15,19H,6-9,17H2,1-5H3. The minimum atomic E-state index is -0.0786. The summed E-state index contributed by atoms with van der Waals surface area (Å²) >= 11 is 0. The molecule has 5 nitrogen and oxygen atoms in total. The Morgan fingerprint density at radius 1 is 1.29 bits per heavy atom. The predicted molar refractivity (Wildman–Crippen MR) is 87.1 cm³/mol. The molecular formula is C16H30N4O. The van der Waals surface area contributed by atoms with Crippen LogP contribution in [-0.4, -0.2) is 35.1 Å². The lowest BCUT2D eigenvalue weighted by molar-refractivity contribution is 0.0696. The van der Waals surface area contributed by atoms with Crippen molar-refractivity contribution < 1.29 is 4.74 Å². The first-order valence-corrected chi connectivity index (χ1v) is 7.86. The molecule has 1 rings (SSSR count). The topological polar surface area (TPSA) is 63.4 Å². The van der Waals surface area contributed by atoms with Crippen molar-refractivity contribution in [2.75, 3.05) is 19.7 Å². The van der Waals surface area contributed by atoms with Gasteiger partial charge in [0, 0.05) is 11.7 Å². The molecule has 0 bridgehead atoms. The van der Waals surface area contributed by atoms with Crippen molar-refractivity contribution in [2.24, 2.45) is 5.84 Å². The molecule has 2 unspecified atom stereocenters. The summed E-state index contributed by atoms with van der Waals surface area (Å²) in [5.74, 6) is 6.68. The Morgan fingerprint density at radius 2 is 1.95 bits per heavy atom. The zero-order valence-corrected chi connectivity index (χ0v) is 14.0. The highest BCUT2D eigenvalue weighted by molar-refractivity contribution is 5.28. The number of pyridine rings is 1. The molecule has 0 spiro atoms. The number of hydrazine groups is 1. The minimum absolute atomic E-state index is 0.00435. The maximum absolute atomic E-state index is 5.89. The Labute approximate surface area is 128 Å². The number of nitrogens with one attached hydrogen (secondary N) is 1. The fourth-order valence-corrected chi connectivity index (χ4v) is 3.03. The molecule has 21 heavy (non-hydrogen) atoms. The zero-order chi connectivity index (χ0) is 15.9. The van der Waals surface area contributed by atoms with Gasteiger partial charge in [0.05, 0.1) is 18.8 Å². The molecule has 0 saturated carbocycles. The normalized spacial score (nSPS) is 15.8. The minimum Gasteiger partial charge on any atom is -0.492 e. The van der Waals surface area contributed by atoms with Crippen molar-refractivity contribution in [3.05, 3.63) is 24.0 Å². The molecule has 0 aliphatic heterocycles. The van der Waals surface area contributed by atoms with Gasteiger partial charge in [-0.25, -0.2) is 0 Å². The fraction of sp³-hybridized carbons (Fsp3) is 0.688. The van der Waals surface area contributed by atoms with Gasteiger partial charge >= 0.3 is 0 Å². The molecule has 0 fully saturated rings. The van der Waals surface area contributed by atoms with Crippen LogP contribution in [0.4, 0.5) is 0 Å². The SMILES string of the molecule is CCOc1cncc(C(NN)C(C)(CC)N(CC)CC)c1. The van der Waals surface area contributed by atoms with Crippen LogP contribution in [0.1, 0.15) is 52.6 Å². The molecule has 0 amide bonds. The van der Waals surface area contributed by atoms with E-state index in [1.165, 1.54) is 0 Å². The van der Waals surface area contributed by atoms with E-state index in [4.69, 9.17) is 10.6 Å². The van der Waals surface area contributed by atoms with Crippen molar-refractivity contribution >= 4 is 0 Å². The Bertz CT molecular complexity index is 422. The van der Waals surface area contributed by atoms with Gasteiger partial charge in [-0.1, -0.05) is 20.8 Å². The predicted octanol–water partition coefficient (Wildman–Crippen LogP) is 2.50. The monoisotopic (exact) mass is 294 g/mol. The number of ether oxygens (including phenoxy) is 1. The molecule has 0 saturated heterocycles. The van der Waals surface area contributed by atoms with Crippen LogP contribution in [0, 0.1) is 0 Å². The van der Waals surface area contributed by atoms with Crippen LogP contribution < -0.4 is 16.0 Å². The first kappa shape index (κ1) is 17.9. The Kier molecular flexibility index (Phi) is 7.08. The Balaban J connectivity index is 3.17. The van der Waals surface area contributed by atoms with E-state index < -0.39 is 0 Å². The third-order valence-electron chi connectivity index (χ3n) is 4.37. The van der Waals surface area contributed by atoms with Gasteiger partial charge in [-0.15, -0.1) is 0 Å². The second-order valence-electron chi connectivity index (χ2n) is 5.37. The first-order chi connectivity index (χ1) is 10.1. The summed E-state index contributed by atoms with van der Waals surface area (Å²) in [6, 6.07) is 2.02. The van der Waals surface area contributed by atoms with Crippen molar-refractivity contribution in [3.63, 3.8) is 0 Å². The van der Waals surface area contributed by atoms with Crippen LogP contribution in [-0.2, 0) is 0 Å². The second-order valence-corrected chi connectivity index (χ2v) is 5.37. The van der Waals surface area contributed by atoms with Gasteiger partial charge in [-0.3, -0.25) is 21.2 Å². The van der Waals surface area contributed by atoms with Crippen LogP contribution in [0.3, 0.4) is 0 Å². The van der Waals surface area contributed by atoms with E-state index >= 15 is 0 Å². The van der Waals surface area contributed by atoms with Crippen LogP contribution >= 0.6 is 0 Å². The van der Waals surface area contributed by atoms with Crippen molar-refractivity contribution in [3.8, 4) is 5.75 Å². The van der Waals surface area contributed by atoms with Gasteiger partial charge in [0.2, 0.25) is 0 Å². The summed E-state index contributed by atoms with van der Waals surface area (Å²) < 4.78 is 5.56. The van der Waals surface area contributed by atoms with Gasteiger partial charge in [0.15, 0.2) is 0 Å². The summed E-state index contributed by atoms with van der Waals surface area (Å²) in [7, 11) is 0. The summed E-state index contributed by atoms with van der Waals surface area (Å²) in [6.45, 7) is 13.4. The van der Waals surface area contributed by atoms with Gasteiger partial charge in [0.1, 0.15) is 5.75 Å². The maximum Gasteiger partial charge on any atom is 0.137 e. The van der Waals surface area contributed by atoms with E-state index in [0.717, 1.165) is 30.8 Å². The average molecular weight is 294 g/mol. The summed E-state index contributed by atoms with van der Waals surface area (Å²) in [5.41, 5.74) is 3.97. The Morgan fingerprint density at radius 3 is 2.43 bits per heavy atom. The molecule has 120 valence electrons. The Hall–Kier alpha value is -1.17. The largest absolute Gasteiger partial charge is 0.492 e. The molecule has 1 heterocycles. The highest BCUT2D eigenvalue weighted by Crippen LogP contribution is 2.34. The lowest BCUT2D eigenvalue weighted by atomic mass is 9.83. The van der Waals surface area contributed by atoms with Crippen molar-refractivity contribution in [1.29, 1.82) is 0 Å². The molecule has 0 radical (unpaired) electrons. The smallest absolute Gasteiger partial charge is 0.137 e. The van der Waals surface area contributed by atoms with Crippen LogP contribution in [0.15, 0.2) is 18.5 Å². The van der Waals surface area contributed by atoms with Crippen LogP contribution in [0.25, 0.3) is 0 Å². The van der Waals surface area contributed by atoms with Gasteiger partial charge in [0.25, 0.3) is 0 Å². The molecule has 0 aliphatic carbocycles. The number of nitrogens with two attached hydrogens (primary N) is 1. The highest BCUT2D eigenvalue weighted by Gasteiger charge is 2.37. The first-order valence-electron chi connectivity index (χ1n) is 7.86. The van der Waals surface area contributed by atoms with E-state index in [9.17, 15) is 0 Å². The average Bonchev–Trinajstić information content (AvgIpc) is 2.50. The number of hydrogen-bond acceptors (Lipinski definition) is 5. The maximum atomic E-state index is 5.89. The molecule has 1 aromatic heterocycles. The highest BCUT2D eigenvalue weighted by atomic mass is 16.5. The summed E-state index contributed by atoms with van der Waals surface area (Å²) in [6.07, 6.45) is 4.59. The molecule has 0 aliphatic rings. The van der Waals surface area contributed by atoms with Crippen LogP contribution in [0.5, 0.6) is 5.75 Å². The summed E-state index contributed by atoms with van der Waals surface area (Å²) in [4.78, 5) is 6.73. The third-order valence-corrected chi connectivity index (χ3v) is 4.37. The number of aromatic nitrogens is 1. The van der Waals surface area contributed by atoms with E-state index in [1.807, 2.05) is 19.2 Å². The zero-order valence-electron chi connectivity index (χ0n) is 14.0. The van der Waals surface area contributed by atoms with Gasteiger partial charge in [-0.05, 0) is 45.0 Å². The molecule has 5 heteroatoms. The lowest BCUT2D eigenvalue weighted by Crippen LogP contribution is -2.55. The second kappa shape index (κ2) is 8.32. The van der Waals surface area contributed by atoms with E-state index in [1.54, 1.807) is 6.20 Å². The molecule has 1 aromatic rings. The quantitative estimate of drug-likeness (QED) is 0.541. The van der Waals surface area contributed by atoms with E-state index in [-0.39, 0.29) is 11.6 Å². The van der Waals surface area contributed by atoms with Gasteiger partial charge in [-0.2, -0.15) is 0 Å². The van der Waals surface area contributed by atoms with Crippen LogP contribution in [0.2, 0.25) is 0 Å². The number of nitrogens with zero attached hydrogens (tertiary/aromatic N) is 2. The molecule has 3 N–H and O–H groups in total. The van der Waals surface area contributed by atoms with Crippen molar-refractivity contribution in [1.82, 2.24) is 15.3 Å². The fourth-order valence-electron chi connectivity index (χ4n) is 3.03. The van der Waals surface area contributed by atoms with E-state index in [2.05, 4.69) is 43.0 Å². The van der Waals surface area contributed by atoms with Gasteiger partial charge < -0.3 is 4.74 Å². The van der Waals surface area contributed by atoms with E-state index in [0.29, 0.717) is 6.61 Å². The van der Waals surface area contributed by atoms with Crippen molar-refractivity contribution in [2.45, 2.75) is 52.6 Å². The number of hydrogen-bond donors (Lipinski definition) is 2. The molecule has 0 aromatic carbocycles.